The summed E-state index contributed by atoms with van der Waals surface area (Å²) in [5, 5.41) is 12.5. The van der Waals surface area contributed by atoms with Crippen LogP contribution in [0.4, 0.5) is 0 Å². The monoisotopic (exact) mass is 170 g/mol. The molecule has 0 bridgehead atoms. The van der Waals surface area contributed by atoms with Crippen molar-refractivity contribution in [1.82, 2.24) is 0 Å². The van der Waals surface area contributed by atoms with Gasteiger partial charge in [0, 0.05) is 0 Å². The van der Waals surface area contributed by atoms with Crippen molar-refractivity contribution in [2.75, 3.05) is 0 Å². The van der Waals surface area contributed by atoms with Crippen molar-refractivity contribution < 1.29 is 9.90 Å². The number of carbonyl (C=O) groups is 1. The van der Waals surface area contributed by atoms with Gasteiger partial charge in [-0.1, -0.05) is 0 Å². The highest BCUT2D eigenvalue weighted by atomic mass is 32.1. The van der Waals surface area contributed by atoms with Crippen LogP contribution in [-0.2, 0) is 4.79 Å². The molecule has 0 aliphatic heterocycles. The minimum Gasteiger partial charge on any atom is -0.481 e. The summed E-state index contributed by atoms with van der Waals surface area (Å²) in [5.41, 5.74) is 2.01. The number of thiophene rings is 1. The van der Waals surface area contributed by atoms with Crippen LogP contribution >= 0.6 is 11.3 Å². The normalized spacial score (nSPS) is 12.9. The molecule has 3 heteroatoms. The molecular weight excluding hydrogens is 160 g/mol. The quantitative estimate of drug-likeness (QED) is 0.739. The van der Waals surface area contributed by atoms with Crippen molar-refractivity contribution in [3.8, 4) is 0 Å². The lowest BCUT2D eigenvalue weighted by molar-refractivity contribution is -0.138. The first-order valence-corrected chi connectivity index (χ1v) is 4.32. The van der Waals surface area contributed by atoms with E-state index in [4.69, 9.17) is 5.11 Å². The molecule has 1 heterocycles. The van der Waals surface area contributed by atoms with E-state index in [0.717, 1.165) is 11.1 Å². The van der Waals surface area contributed by atoms with E-state index in [9.17, 15) is 4.79 Å². The maximum Gasteiger partial charge on any atom is 0.310 e. The number of rotatable bonds is 2. The number of carboxylic acid groups (broad SMARTS) is 1. The van der Waals surface area contributed by atoms with Crippen LogP contribution in [0.3, 0.4) is 0 Å². The van der Waals surface area contributed by atoms with Crippen LogP contribution in [0, 0.1) is 6.92 Å². The van der Waals surface area contributed by atoms with E-state index in [2.05, 4.69) is 0 Å². The third kappa shape index (κ3) is 1.60. The molecule has 0 radical (unpaired) electrons. The molecular formula is C8H10O2S. The predicted molar refractivity (Wildman–Crippen MR) is 45.1 cm³/mol. The van der Waals surface area contributed by atoms with Crippen LogP contribution in [0.2, 0.25) is 0 Å². The Bertz CT molecular complexity index is 265. The third-order valence-corrected chi connectivity index (χ3v) is 2.61. The van der Waals surface area contributed by atoms with Gasteiger partial charge in [0.05, 0.1) is 5.92 Å². The molecule has 0 saturated carbocycles. The topological polar surface area (TPSA) is 37.3 Å². The van der Waals surface area contributed by atoms with Crippen molar-refractivity contribution in [1.29, 1.82) is 0 Å². The molecule has 0 saturated heterocycles. The predicted octanol–water partition coefficient (Wildman–Crippen LogP) is 2.24. The van der Waals surface area contributed by atoms with Gasteiger partial charge in [0.2, 0.25) is 0 Å². The van der Waals surface area contributed by atoms with Crippen LogP contribution in [0.15, 0.2) is 10.8 Å². The van der Waals surface area contributed by atoms with Gasteiger partial charge in [-0.2, -0.15) is 11.3 Å². The van der Waals surface area contributed by atoms with Gasteiger partial charge in [-0.3, -0.25) is 4.79 Å². The molecule has 0 aromatic carbocycles. The zero-order valence-electron chi connectivity index (χ0n) is 6.50. The highest BCUT2D eigenvalue weighted by molar-refractivity contribution is 7.08. The van der Waals surface area contributed by atoms with E-state index in [1.165, 1.54) is 0 Å². The van der Waals surface area contributed by atoms with Gasteiger partial charge in [0.15, 0.2) is 0 Å². The van der Waals surface area contributed by atoms with Crippen LogP contribution in [0.25, 0.3) is 0 Å². The summed E-state index contributed by atoms with van der Waals surface area (Å²) in [4.78, 5) is 10.6. The van der Waals surface area contributed by atoms with E-state index in [-0.39, 0.29) is 5.92 Å². The first-order chi connectivity index (χ1) is 5.13. The van der Waals surface area contributed by atoms with Crippen LogP contribution in [0.5, 0.6) is 0 Å². The smallest absolute Gasteiger partial charge is 0.310 e. The van der Waals surface area contributed by atoms with E-state index in [0.29, 0.717) is 0 Å². The second-order valence-electron chi connectivity index (χ2n) is 2.57. The van der Waals surface area contributed by atoms with Crippen molar-refractivity contribution in [2.45, 2.75) is 19.8 Å². The maximum absolute atomic E-state index is 10.6. The Morgan fingerprint density at radius 1 is 1.64 bits per heavy atom. The third-order valence-electron chi connectivity index (χ3n) is 1.73. The van der Waals surface area contributed by atoms with Crippen molar-refractivity contribution in [3.63, 3.8) is 0 Å². The highest BCUT2D eigenvalue weighted by Crippen LogP contribution is 2.22. The first kappa shape index (κ1) is 8.27. The highest BCUT2D eigenvalue weighted by Gasteiger charge is 2.15. The minimum atomic E-state index is -0.758. The summed E-state index contributed by atoms with van der Waals surface area (Å²) in [5.74, 6) is -1.13. The molecule has 0 fully saturated rings. The fraction of sp³-hybridized carbons (Fsp3) is 0.375. The Hall–Kier alpha value is -0.830. The summed E-state index contributed by atoms with van der Waals surface area (Å²) < 4.78 is 0. The van der Waals surface area contributed by atoms with E-state index >= 15 is 0 Å². The van der Waals surface area contributed by atoms with Crippen molar-refractivity contribution in [2.24, 2.45) is 0 Å². The molecule has 2 nitrogen and oxygen atoms in total. The molecule has 1 rings (SSSR count). The summed E-state index contributed by atoms with van der Waals surface area (Å²) in [6, 6.07) is 0. The molecule has 0 aliphatic rings. The molecule has 1 N–H and O–H groups in total. The molecule has 1 atom stereocenters. The maximum atomic E-state index is 10.6. The van der Waals surface area contributed by atoms with Crippen molar-refractivity contribution >= 4 is 17.3 Å². The summed E-state index contributed by atoms with van der Waals surface area (Å²) >= 11 is 1.55. The van der Waals surface area contributed by atoms with Gasteiger partial charge in [-0.05, 0) is 35.7 Å². The molecule has 60 valence electrons. The lowest BCUT2D eigenvalue weighted by atomic mass is 10.0. The number of hydrogen-bond acceptors (Lipinski definition) is 2. The van der Waals surface area contributed by atoms with Gasteiger partial charge >= 0.3 is 5.97 Å². The molecule has 1 unspecified atom stereocenters. The Kier molecular flexibility index (Phi) is 2.29. The molecule has 1 aromatic heterocycles. The Morgan fingerprint density at radius 2 is 2.27 bits per heavy atom. The number of hydrogen-bond donors (Lipinski definition) is 1. The van der Waals surface area contributed by atoms with Crippen LogP contribution in [-0.4, -0.2) is 11.1 Å². The van der Waals surface area contributed by atoms with E-state index in [1.54, 1.807) is 18.3 Å². The molecule has 11 heavy (non-hydrogen) atoms. The largest absolute Gasteiger partial charge is 0.481 e. The molecule has 1 aromatic rings. The molecule has 0 spiro atoms. The molecule has 0 amide bonds. The fourth-order valence-corrected chi connectivity index (χ4v) is 1.89. The fourth-order valence-electron chi connectivity index (χ4n) is 0.947. The lowest BCUT2D eigenvalue weighted by Gasteiger charge is -2.03. The second-order valence-corrected chi connectivity index (χ2v) is 3.31. The first-order valence-electron chi connectivity index (χ1n) is 3.38. The minimum absolute atomic E-state index is 0.374. The van der Waals surface area contributed by atoms with Gasteiger partial charge < -0.3 is 5.11 Å². The van der Waals surface area contributed by atoms with Crippen LogP contribution in [0.1, 0.15) is 24.0 Å². The van der Waals surface area contributed by atoms with Gasteiger partial charge in [-0.15, -0.1) is 0 Å². The average molecular weight is 170 g/mol. The van der Waals surface area contributed by atoms with Gasteiger partial charge in [-0.25, -0.2) is 0 Å². The zero-order valence-corrected chi connectivity index (χ0v) is 7.31. The van der Waals surface area contributed by atoms with Crippen LogP contribution < -0.4 is 0 Å². The zero-order chi connectivity index (χ0) is 8.43. The van der Waals surface area contributed by atoms with Gasteiger partial charge in [0.1, 0.15) is 0 Å². The van der Waals surface area contributed by atoms with E-state index < -0.39 is 5.97 Å². The SMILES string of the molecule is Cc1cscc1C(C)C(=O)O. The Balaban J connectivity index is 2.92. The number of aliphatic carboxylic acids is 1. The number of aryl methyl sites for hydroxylation is 1. The second kappa shape index (κ2) is 3.05. The van der Waals surface area contributed by atoms with E-state index in [1.807, 2.05) is 17.7 Å². The summed E-state index contributed by atoms with van der Waals surface area (Å²) in [7, 11) is 0. The summed E-state index contributed by atoms with van der Waals surface area (Å²) in [6.45, 7) is 3.64. The Morgan fingerprint density at radius 3 is 2.64 bits per heavy atom. The Labute approximate surface area is 69.5 Å². The van der Waals surface area contributed by atoms with Gasteiger partial charge in [0.25, 0.3) is 0 Å². The standard InChI is InChI=1S/C8H10O2S/c1-5-3-11-4-7(5)6(2)8(9)10/h3-4,6H,1-2H3,(H,9,10). The summed E-state index contributed by atoms with van der Waals surface area (Å²) in [6.07, 6.45) is 0. The average Bonchev–Trinajstić information content (AvgIpc) is 2.33. The molecule has 0 aliphatic carbocycles. The lowest BCUT2D eigenvalue weighted by Crippen LogP contribution is -2.07. The van der Waals surface area contributed by atoms with Crippen molar-refractivity contribution in [3.05, 3.63) is 21.9 Å². The number of carboxylic acids is 1.